The highest BCUT2D eigenvalue weighted by atomic mass is 19.1. The predicted molar refractivity (Wildman–Crippen MR) is 150 cm³/mol. The van der Waals surface area contributed by atoms with Gasteiger partial charge in [0.05, 0.1) is 12.6 Å². The van der Waals surface area contributed by atoms with E-state index in [1.165, 1.54) is 40.1 Å². The van der Waals surface area contributed by atoms with E-state index >= 15 is 0 Å². The number of likely N-dealkylation sites (tertiary alicyclic amines) is 2. The van der Waals surface area contributed by atoms with Crippen molar-refractivity contribution in [3.63, 3.8) is 0 Å². The van der Waals surface area contributed by atoms with Gasteiger partial charge in [0.25, 0.3) is 11.8 Å². The van der Waals surface area contributed by atoms with E-state index in [4.69, 9.17) is 0 Å². The third-order valence-electron chi connectivity index (χ3n) is 7.66. The van der Waals surface area contributed by atoms with Crippen molar-refractivity contribution in [3.8, 4) is 5.75 Å². The molecule has 3 aromatic carbocycles. The Bertz CT molecular complexity index is 1470. The highest BCUT2D eigenvalue weighted by Crippen LogP contribution is 2.32. The molecule has 212 valence electrons. The standard InChI is InChI=1S/C31H31FN4O5/c1-34(2)23-10-8-20(9-11-23)29(39)33-25(16-19-6-12-24(37)13-7-19)31(41)35-15-14-26-28(35)27(38)18-36(26)30(40)21-4-3-5-22(32)17-21/h3-13,17,25-26,28,37H,14-16,18H2,1-2H3,(H,33,39)/t25-,26?,28?/m0/s1. The first kappa shape index (κ1) is 27.8. The molecular formula is C31H31FN4O5. The van der Waals surface area contributed by atoms with Gasteiger partial charge in [-0.05, 0) is 66.6 Å². The zero-order valence-corrected chi connectivity index (χ0v) is 22.8. The highest BCUT2D eigenvalue weighted by Gasteiger charge is 2.52. The number of carbonyl (C=O) groups is 4. The first-order valence-corrected chi connectivity index (χ1v) is 13.4. The number of rotatable bonds is 7. The molecule has 2 N–H and O–H groups in total. The van der Waals surface area contributed by atoms with Gasteiger partial charge in [-0.15, -0.1) is 0 Å². The molecule has 0 aromatic heterocycles. The molecule has 2 saturated heterocycles. The van der Waals surface area contributed by atoms with Gasteiger partial charge in [-0.3, -0.25) is 19.2 Å². The molecule has 0 spiro atoms. The van der Waals surface area contributed by atoms with E-state index in [1.807, 2.05) is 19.0 Å². The van der Waals surface area contributed by atoms with Crippen molar-refractivity contribution >= 4 is 29.2 Å². The number of benzene rings is 3. The third kappa shape index (κ3) is 5.77. The van der Waals surface area contributed by atoms with Crippen LogP contribution in [0.15, 0.2) is 72.8 Å². The molecule has 2 fully saturated rings. The summed E-state index contributed by atoms with van der Waals surface area (Å²) in [4.78, 5) is 58.3. The number of phenols is 1. The Balaban J connectivity index is 1.37. The Morgan fingerprint density at radius 2 is 1.71 bits per heavy atom. The summed E-state index contributed by atoms with van der Waals surface area (Å²) in [5.74, 6) is -2.09. The normalized spacial score (nSPS) is 18.7. The smallest absolute Gasteiger partial charge is 0.254 e. The van der Waals surface area contributed by atoms with Crippen LogP contribution in [0, 0.1) is 5.82 Å². The van der Waals surface area contributed by atoms with Crippen molar-refractivity contribution in [1.29, 1.82) is 0 Å². The van der Waals surface area contributed by atoms with Gasteiger partial charge in [0.1, 0.15) is 23.7 Å². The molecule has 3 aromatic rings. The Morgan fingerprint density at radius 1 is 1.00 bits per heavy atom. The number of amides is 3. The Labute approximate surface area is 237 Å². The van der Waals surface area contributed by atoms with Crippen LogP contribution < -0.4 is 10.2 Å². The molecule has 0 saturated carbocycles. The lowest BCUT2D eigenvalue weighted by Crippen LogP contribution is -2.53. The zero-order chi connectivity index (χ0) is 29.3. The second-order valence-corrected chi connectivity index (χ2v) is 10.6. The SMILES string of the molecule is CN(C)c1ccc(C(=O)N[C@@H](Cc2ccc(O)cc2)C(=O)N2CCC3C2C(=O)CN3C(=O)c2cccc(F)c2)cc1. The maximum absolute atomic E-state index is 14.0. The van der Waals surface area contributed by atoms with Crippen molar-refractivity contribution in [1.82, 2.24) is 15.1 Å². The summed E-state index contributed by atoms with van der Waals surface area (Å²) in [6.07, 6.45) is 0.518. The minimum Gasteiger partial charge on any atom is -0.508 e. The van der Waals surface area contributed by atoms with Crippen molar-refractivity contribution < 1.29 is 28.7 Å². The van der Waals surface area contributed by atoms with Gasteiger partial charge < -0.3 is 25.1 Å². The summed E-state index contributed by atoms with van der Waals surface area (Å²) >= 11 is 0. The molecule has 5 rings (SSSR count). The van der Waals surface area contributed by atoms with Crippen molar-refractivity contribution in [2.24, 2.45) is 0 Å². The first-order chi connectivity index (χ1) is 19.6. The van der Waals surface area contributed by atoms with Gasteiger partial charge in [0.2, 0.25) is 5.91 Å². The molecule has 0 radical (unpaired) electrons. The average Bonchev–Trinajstić information content (AvgIpc) is 3.54. The van der Waals surface area contributed by atoms with Crippen LogP contribution in [0.25, 0.3) is 0 Å². The van der Waals surface area contributed by atoms with Crippen molar-refractivity contribution in [3.05, 3.63) is 95.3 Å². The number of anilines is 1. The summed E-state index contributed by atoms with van der Waals surface area (Å²) in [6.45, 7) is 0.0496. The second-order valence-electron chi connectivity index (χ2n) is 10.6. The van der Waals surface area contributed by atoms with E-state index in [0.29, 0.717) is 17.5 Å². The van der Waals surface area contributed by atoms with Crippen LogP contribution >= 0.6 is 0 Å². The Hall–Kier alpha value is -4.73. The van der Waals surface area contributed by atoms with Crippen molar-refractivity contribution in [2.75, 3.05) is 32.1 Å². The number of hydrogen-bond donors (Lipinski definition) is 2. The summed E-state index contributed by atoms with van der Waals surface area (Å²) in [5, 5.41) is 12.5. The number of phenolic OH excluding ortho intramolecular Hbond substituents is 1. The molecular weight excluding hydrogens is 527 g/mol. The van der Waals surface area contributed by atoms with E-state index in [2.05, 4.69) is 5.32 Å². The number of fused-ring (bicyclic) bond motifs is 1. The Morgan fingerprint density at radius 3 is 2.37 bits per heavy atom. The lowest BCUT2D eigenvalue weighted by molar-refractivity contribution is -0.138. The van der Waals surface area contributed by atoms with Gasteiger partial charge in [-0.25, -0.2) is 4.39 Å². The number of nitrogens with one attached hydrogen (secondary N) is 1. The second kappa shape index (κ2) is 11.4. The largest absolute Gasteiger partial charge is 0.508 e. The van der Waals surface area contributed by atoms with E-state index in [-0.39, 0.29) is 36.6 Å². The number of hydrogen-bond acceptors (Lipinski definition) is 6. The summed E-state index contributed by atoms with van der Waals surface area (Å²) in [7, 11) is 3.78. The molecule has 3 amide bonds. The first-order valence-electron chi connectivity index (χ1n) is 13.4. The van der Waals surface area contributed by atoms with Crippen LogP contribution in [-0.4, -0.2) is 83.7 Å². The van der Waals surface area contributed by atoms with E-state index in [0.717, 1.165) is 11.8 Å². The van der Waals surface area contributed by atoms with Gasteiger partial charge >= 0.3 is 0 Å². The predicted octanol–water partition coefficient (Wildman–Crippen LogP) is 2.63. The number of carbonyl (C=O) groups excluding carboxylic acids is 4. The fourth-order valence-electron chi connectivity index (χ4n) is 5.55. The van der Waals surface area contributed by atoms with Crippen LogP contribution in [0.4, 0.5) is 10.1 Å². The monoisotopic (exact) mass is 558 g/mol. The molecule has 0 aliphatic carbocycles. The third-order valence-corrected chi connectivity index (χ3v) is 7.66. The molecule has 2 aliphatic heterocycles. The molecule has 2 heterocycles. The topological polar surface area (TPSA) is 110 Å². The molecule has 2 unspecified atom stereocenters. The molecule has 3 atom stereocenters. The average molecular weight is 559 g/mol. The van der Waals surface area contributed by atoms with Gasteiger partial charge in [-0.1, -0.05) is 18.2 Å². The van der Waals surface area contributed by atoms with Crippen LogP contribution in [-0.2, 0) is 16.0 Å². The van der Waals surface area contributed by atoms with Gasteiger partial charge in [0, 0.05) is 43.9 Å². The Kier molecular flexibility index (Phi) is 7.74. The van der Waals surface area contributed by atoms with E-state index in [1.54, 1.807) is 36.4 Å². The number of halogens is 1. The van der Waals surface area contributed by atoms with Gasteiger partial charge in [0.15, 0.2) is 5.78 Å². The molecule has 0 bridgehead atoms. The lowest BCUT2D eigenvalue weighted by atomic mass is 10.0. The van der Waals surface area contributed by atoms with Crippen molar-refractivity contribution in [2.45, 2.75) is 31.0 Å². The van der Waals surface area contributed by atoms with Gasteiger partial charge in [-0.2, -0.15) is 0 Å². The fourth-order valence-corrected chi connectivity index (χ4v) is 5.55. The summed E-state index contributed by atoms with van der Waals surface area (Å²) in [6, 6.07) is 16.2. The quantitative estimate of drug-likeness (QED) is 0.462. The van der Waals surface area contributed by atoms with Crippen LogP contribution in [0.1, 0.15) is 32.7 Å². The fraction of sp³-hybridized carbons (Fsp3) is 0.290. The summed E-state index contributed by atoms with van der Waals surface area (Å²) < 4.78 is 13.8. The molecule has 2 aliphatic rings. The van der Waals surface area contributed by atoms with Crippen LogP contribution in [0.3, 0.4) is 0 Å². The number of aromatic hydroxyl groups is 1. The molecule has 9 nitrogen and oxygen atoms in total. The highest BCUT2D eigenvalue weighted by molar-refractivity contribution is 6.03. The lowest BCUT2D eigenvalue weighted by Gasteiger charge is -2.28. The summed E-state index contributed by atoms with van der Waals surface area (Å²) in [5.41, 5.74) is 2.14. The number of Topliss-reactive ketones (excluding diaryl/α,β-unsaturated/α-hetero) is 1. The zero-order valence-electron chi connectivity index (χ0n) is 22.8. The van der Waals surface area contributed by atoms with Crippen LogP contribution in [0.5, 0.6) is 5.75 Å². The van der Waals surface area contributed by atoms with E-state index in [9.17, 15) is 28.7 Å². The minimum atomic E-state index is -1.000. The molecule has 41 heavy (non-hydrogen) atoms. The number of ketones is 1. The molecule has 10 heteroatoms. The number of nitrogens with zero attached hydrogens (tertiary/aromatic N) is 3. The minimum absolute atomic E-state index is 0.0728. The maximum atomic E-state index is 14.0. The van der Waals surface area contributed by atoms with Crippen LogP contribution in [0.2, 0.25) is 0 Å². The van der Waals surface area contributed by atoms with E-state index < -0.39 is 41.7 Å². The maximum Gasteiger partial charge on any atom is 0.254 e.